The summed E-state index contributed by atoms with van der Waals surface area (Å²) in [6.45, 7) is 6.29. The maximum absolute atomic E-state index is 6.08. The van der Waals surface area contributed by atoms with Gasteiger partial charge in [-0.15, -0.1) is 0 Å². The van der Waals surface area contributed by atoms with E-state index in [4.69, 9.17) is 11.6 Å². The summed E-state index contributed by atoms with van der Waals surface area (Å²) in [6, 6.07) is 0. The van der Waals surface area contributed by atoms with Gasteiger partial charge >= 0.3 is 0 Å². The molecule has 1 saturated carbocycles. The van der Waals surface area contributed by atoms with Gasteiger partial charge in [0.05, 0.1) is 0 Å². The summed E-state index contributed by atoms with van der Waals surface area (Å²) in [4.78, 5) is 8.96. The fourth-order valence-corrected chi connectivity index (χ4v) is 1.75. The second-order valence-electron chi connectivity index (χ2n) is 4.32. The number of aromatic nitrogens is 2. The molecule has 2 nitrogen and oxygen atoms in total. The zero-order valence-corrected chi connectivity index (χ0v) is 9.65. The van der Waals surface area contributed by atoms with Crippen molar-refractivity contribution in [3.05, 3.63) is 22.2 Å². The predicted octanol–water partition coefficient (Wildman–Crippen LogP) is 3.05. The van der Waals surface area contributed by atoms with Crippen molar-refractivity contribution in [2.75, 3.05) is 0 Å². The van der Waals surface area contributed by atoms with E-state index in [0.29, 0.717) is 5.15 Å². The van der Waals surface area contributed by atoms with E-state index in [1.165, 1.54) is 12.8 Å². The molecule has 0 radical (unpaired) electrons. The molecule has 0 saturated heterocycles. The maximum atomic E-state index is 6.08. The Morgan fingerprint density at radius 3 is 2.50 bits per heavy atom. The van der Waals surface area contributed by atoms with Crippen LogP contribution < -0.4 is 0 Å². The quantitative estimate of drug-likeness (QED) is 0.702. The molecule has 0 spiro atoms. The van der Waals surface area contributed by atoms with Crippen LogP contribution >= 0.6 is 11.6 Å². The molecule has 0 bridgehead atoms. The third-order valence-electron chi connectivity index (χ3n) is 3.06. The molecule has 0 aromatic carbocycles. The first-order chi connectivity index (χ1) is 6.57. The minimum Gasteiger partial charge on any atom is -0.237 e. The van der Waals surface area contributed by atoms with E-state index >= 15 is 0 Å². The Balaban J connectivity index is 2.48. The van der Waals surface area contributed by atoms with Crippen molar-refractivity contribution < 1.29 is 0 Å². The van der Waals surface area contributed by atoms with Crippen molar-refractivity contribution in [2.24, 2.45) is 0 Å². The lowest BCUT2D eigenvalue weighted by atomic mass is 10.1. The number of hydrogen-bond donors (Lipinski definition) is 0. The third kappa shape index (κ3) is 1.52. The molecule has 1 aromatic rings. The number of nitrogens with zero attached hydrogens (tertiary/aromatic N) is 2. The van der Waals surface area contributed by atoms with Crippen LogP contribution in [0.25, 0.3) is 0 Å². The molecular weight excluding hydrogens is 196 g/mol. The fourth-order valence-electron chi connectivity index (χ4n) is 1.56. The van der Waals surface area contributed by atoms with E-state index in [2.05, 4.69) is 23.8 Å². The minimum absolute atomic E-state index is 0.210. The van der Waals surface area contributed by atoms with Gasteiger partial charge in [0, 0.05) is 16.7 Å². The average Bonchev–Trinajstić information content (AvgIpc) is 2.89. The van der Waals surface area contributed by atoms with Gasteiger partial charge in [0.25, 0.3) is 0 Å². The Labute approximate surface area is 89.7 Å². The second kappa shape index (κ2) is 3.20. The number of hydrogen-bond acceptors (Lipinski definition) is 2. The van der Waals surface area contributed by atoms with E-state index in [1.54, 1.807) is 0 Å². The van der Waals surface area contributed by atoms with Gasteiger partial charge in [0.2, 0.25) is 0 Å². The molecule has 3 heteroatoms. The molecule has 0 unspecified atom stereocenters. The molecule has 1 aliphatic rings. The number of rotatable bonds is 2. The van der Waals surface area contributed by atoms with Crippen molar-refractivity contribution >= 4 is 11.6 Å². The largest absolute Gasteiger partial charge is 0.237 e. The van der Waals surface area contributed by atoms with Crippen LogP contribution in [-0.2, 0) is 11.8 Å². The maximum Gasteiger partial charge on any atom is 0.136 e. The fraction of sp³-hybridized carbons (Fsp3) is 0.636. The van der Waals surface area contributed by atoms with E-state index in [9.17, 15) is 0 Å². The van der Waals surface area contributed by atoms with Crippen LogP contribution in [0.15, 0.2) is 0 Å². The Morgan fingerprint density at radius 1 is 1.36 bits per heavy atom. The summed E-state index contributed by atoms with van der Waals surface area (Å²) in [5.41, 5.74) is 2.33. The van der Waals surface area contributed by atoms with Crippen LogP contribution in [-0.4, -0.2) is 9.97 Å². The van der Waals surface area contributed by atoms with Crippen LogP contribution in [0.2, 0.25) is 5.15 Å². The molecule has 76 valence electrons. The first-order valence-electron chi connectivity index (χ1n) is 5.10. The summed E-state index contributed by atoms with van der Waals surface area (Å²) in [5, 5.41) is 0.625. The Kier molecular flexibility index (Phi) is 2.26. The van der Waals surface area contributed by atoms with Crippen LogP contribution in [0.4, 0.5) is 0 Å². The van der Waals surface area contributed by atoms with Crippen molar-refractivity contribution in [1.29, 1.82) is 0 Å². The summed E-state index contributed by atoms with van der Waals surface area (Å²) in [6.07, 6.45) is 3.31. The Bertz CT molecular complexity index is 370. The van der Waals surface area contributed by atoms with E-state index in [1.807, 2.05) is 6.92 Å². The van der Waals surface area contributed by atoms with Gasteiger partial charge in [0.1, 0.15) is 11.0 Å². The summed E-state index contributed by atoms with van der Waals surface area (Å²) < 4.78 is 0. The highest BCUT2D eigenvalue weighted by Gasteiger charge is 2.42. The van der Waals surface area contributed by atoms with Crippen molar-refractivity contribution in [2.45, 2.75) is 45.4 Å². The molecule has 0 atom stereocenters. The highest BCUT2D eigenvalue weighted by molar-refractivity contribution is 6.30. The zero-order chi connectivity index (χ0) is 10.3. The minimum atomic E-state index is 0.210. The SMILES string of the molecule is CCc1nc(C2(C)CC2)nc(Cl)c1C. The molecule has 0 amide bonds. The summed E-state index contributed by atoms with van der Waals surface area (Å²) in [7, 11) is 0. The third-order valence-corrected chi connectivity index (χ3v) is 3.43. The van der Waals surface area contributed by atoms with Crippen LogP contribution in [0, 0.1) is 6.92 Å². The van der Waals surface area contributed by atoms with Gasteiger partial charge in [-0.2, -0.15) is 0 Å². The molecule has 1 heterocycles. The lowest BCUT2D eigenvalue weighted by Crippen LogP contribution is -2.10. The second-order valence-corrected chi connectivity index (χ2v) is 4.68. The lowest BCUT2D eigenvalue weighted by molar-refractivity contribution is 0.695. The van der Waals surface area contributed by atoms with Crippen LogP contribution in [0.3, 0.4) is 0 Å². The van der Waals surface area contributed by atoms with Gasteiger partial charge < -0.3 is 0 Å². The van der Waals surface area contributed by atoms with E-state index in [0.717, 1.165) is 23.5 Å². The van der Waals surface area contributed by atoms with Gasteiger partial charge in [-0.3, -0.25) is 0 Å². The number of halogens is 1. The van der Waals surface area contributed by atoms with Crippen LogP contribution in [0.1, 0.15) is 43.8 Å². The normalized spacial score (nSPS) is 18.3. The van der Waals surface area contributed by atoms with Crippen molar-refractivity contribution in [3.63, 3.8) is 0 Å². The smallest absolute Gasteiger partial charge is 0.136 e. The predicted molar refractivity (Wildman–Crippen MR) is 57.7 cm³/mol. The molecule has 0 N–H and O–H groups in total. The van der Waals surface area contributed by atoms with Gasteiger partial charge in [-0.1, -0.05) is 25.4 Å². The molecule has 1 aliphatic carbocycles. The highest BCUT2D eigenvalue weighted by atomic mass is 35.5. The summed E-state index contributed by atoms with van der Waals surface area (Å²) >= 11 is 6.08. The van der Waals surface area contributed by atoms with Crippen molar-refractivity contribution in [1.82, 2.24) is 9.97 Å². The molecule has 0 aliphatic heterocycles. The summed E-state index contributed by atoms with van der Waals surface area (Å²) in [5.74, 6) is 0.935. The van der Waals surface area contributed by atoms with Crippen molar-refractivity contribution in [3.8, 4) is 0 Å². The monoisotopic (exact) mass is 210 g/mol. The Hall–Kier alpha value is -0.630. The topological polar surface area (TPSA) is 25.8 Å². The standard InChI is InChI=1S/C11H15ClN2/c1-4-8-7(2)9(12)14-10(13-8)11(3)5-6-11/h4-6H2,1-3H3. The molecular formula is C11H15ClN2. The van der Waals surface area contributed by atoms with Crippen LogP contribution in [0.5, 0.6) is 0 Å². The molecule has 1 fully saturated rings. The first-order valence-corrected chi connectivity index (χ1v) is 5.48. The van der Waals surface area contributed by atoms with E-state index < -0.39 is 0 Å². The van der Waals surface area contributed by atoms with Gasteiger partial charge in [-0.25, -0.2) is 9.97 Å². The molecule has 2 rings (SSSR count). The van der Waals surface area contributed by atoms with Gasteiger partial charge in [0.15, 0.2) is 0 Å². The first kappa shape index (κ1) is 9.91. The molecule has 1 aromatic heterocycles. The van der Waals surface area contributed by atoms with Gasteiger partial charge in [-0.05, 0) is 26.2 Å². The molecule has 14 heavy (non-hydrogen) atoms. The average molecular weight is 211 g/mol. The number of aryl methyl sites for hydroxylation is 1. The highest BCUT2D eigenvalue weighted by Crippen LogP contribution is 2.46. The van der Waals surface area contributed by atoms with E-state index in [-0.39, 0.29) is 5.41 Å². The Morgan fingerprint density at radius 2 is 2.00 bits per heavy atom. The lowest BCUT2D eigenvalue weighted by Gasteiger charge is -2.11. The zero-order valence-electron chi connectivity index (χ0n) is 8.89.